The second kappa shape index (κ2) is 5.22. The van der Waals surface area contributed by atoms with Crippen LogP contribution in [0.5, 0.6) is 0 Å². The van der Waals surface area contributed by atoms with Crippen LogP contribution in [0.4, 0.5) is 9.18 Å². The van der Waals surface area contributed by atoms with E-state index in [1.54, 1.807) is 20.8 Å². The van der Waals surface area contributed by atoms with Crippen LogP contribution >= 0.6 is 0 Å². The third-order valence-corrected chi connectivity index (χ3v) is 3.84. The van der Waals surface area contributed by atoms with Crippen LogP contribution in [-0.4, -0.2) is 46.4 Å². The Morgan fingerprint density at radius 1 is 1.29 bits per heavy atom. The summed E-state index contributed by atoms with van der Waals surface area (Å²) in [6, 6.07) is 5.18. The Labute approximate surface area is 138 Å². The van der Waals surface area contributed by atoms with Crippen molar-refractivity contribution in [3.05, 3.63) is 41.4 Å². The van der Waals surface area contributed by atoms with Gasteiger partial charge in [-0.1, -0.05) is 12.1 Å². The van der Waals surface area contributed by atoms with Crippen molar-refractivity contribution in [2.75, 3.05) is 13.1 Å². The first kappa shape index (κ1) is 16.3. The van der Waals surface area contributed by atoms with Gasteiger partial charge in [-0.3, -0.25) is 4.90 Å². The molecule has 1 fully saturated rings. The van der Waals surface area contributed by atoms with E-state index in [0.717, 1.165) is 0 Å². The quantitative estimate of drug-likeness (QED) is 0.799. The van der Waals surface area contributed by atoms with E-state index >= 15 is 0 Å². The number of rotatable bonds is 1. The van der Waals surface area contributed by atoms with Crippen molar-refractivity contribution in [1.29, 1.82) is 0 Å². The summed E-state index contributed by atoms with van der Waals surface area (Å²) >= 11 is 0. The van der Waals surface area contributed by atoms with Crippen LogP contribution in [-0.2, 0) is 14.3 Å². The maximum Gasteiger partial charge on any atom is 0.410 e. The first-order chi connectivity index (χ1) is 11.1. The summed E-state index contributed by atoms with van der Waals surface area (Å²) in [6.45, 7) is 5.29. The molecule has 1 aromatic carbocycles. The molecule has 1 N–H and O–H groups in total. The molecule has 1 spiro atoms. The summed E-state index contributed by atoms with van der Waals surface area (Å²) in [6.07, 6.45) is -0.535. The molecular weight excluding hydrogens is 317 g/mol. The highest BCUT2D eigenvalue weighted by Gasteiger charge is 2.58. The van der Waals surface area contributed by atoms with Crippen LogP contribution in [0.1, 0.15) is 26.3 Å². The Hall–Kier alpha value is -2.57. The fraction of sp³-hybridized carbons (Fsp3) is 0.412. The minimum atomic E-state index is -1.24. The van der Waals surface area contributed by atoms with Gasteiger partial charge in [0.2, 0.25) is 5.60 Å². The normalized spacial score (nSPS) is 19.3. The molecule has 1 aromatic rings. The Morgan fingerprint density at radius 3 is 2.42 bits per heavy atom. The molecule has 1 amide bonds. The van der Waals surface area contributed by atoms with E-state index in [1.165, 1.54) is 29.2 Å². The maximum absolute atomic E-state index is 13.0. The molecule has 128 valence electrons. The summed E-state index contributed by atoms with van der Waals surface area (Å²) in [4.78, 5) is 25.4. The molecule has 0 saturated carbocycles. The Bertz CT molecular complexity index is 726. The molecule has 0 unspecified atom stereocenters. The van der Waals surface area contributed by atoms with Gasteiger partial charge in [-0.15, -0.1) is 0 Å². The van der Waals surface area contributed by atoms with Crippen LogP contribution < -0.4 is 0 Å². The van der Waals surface area contributed by atoms with Gasteiger partial charge in [0.05, 0.1) is 13.1 Å². The monoisotopic (exact) mass is 335 g/mol. The van der Waals surface area contributed by atoms with E-state index in [1.807, 2.05) is 0 Å². The molecule has 6 nitrogen and oxygen atoms in total. The van der Waals surface area contributed by atoms with E-state index in [9.17, 15) is 19.1 Å². The third kappa shape index (κ3) is 2.70. The number of nitrogens with zero attached hydrogens (tertiary/aromatic N) is 1. The second-order valence-corrected chi connectivity index (χ2v) is 6.95. The number of hydrogen-bond acceptors (Lipinski definition) is 5. The Morgan fingerprint density at radius 2 is 1.88 bits per heavy atom. The number of carbonyl (C=O) groups is 2. The highest BCUT2D eigenvalue weighted by Crippen LogP contribution is 2.42. The highest BCUT2D eigenvalue weighted by atomic mass is 19.1. The van der Waals surface area contributed by atoms with E-state index in [4.69, 9.17) is 9.47 Å². The van der Waals surface area contributed by atoms with Gasteiger partial charge in [0.1, 0.15) is 17.0 Å². The van der Waals surface area contributed by atoms with Crippen LogP contribution in [0.15, 0.2) is 30.0 Å². The summed E-state index contributed by atoms with van der Waals surface area (Å²) in [5.41, 5.74) is -1.51. The Balaban J connectivity index is 1.79. The van der Waals surface area contributed by atoms with Crippen LogP contribution in [0.25, 0.3) is 5.57 Å². The van der Waals surface area contributed by atoms with Crippen molar-refractivity contribution in [2.24, 2.45) is 0 Å². The number of aliphatic hydroxyl groups is 1. The first-order valence-electron chi connectivity index (χ1n) is 7.52. The van der Waals surface area contributed by atoms with Crippen LogP contribution in [0, 0.1) is 5.82 Å². The zero-order valence-electron chi connectivity index (χ0n) is 13.6. The van der Waals surface area contributed by atoms with Gasteiger partial charge in [-0.25, -0.2) is 14.0 Å². The van der Waals surface area contributed by atoms with Crippen molar-refractivity contribution >= 4 is 17.6 Å². The number of ether oxygens (including phenoxy) is 2. The first-order valence-corrected chi connectivity index (χ1v) is 7.52. The zero-order chi connectivity index (χ0) is 17.7. The highest BCUT2D eigenvalue weighted by molar-refractivity contribution is 6.19. The minimum absolute atomic E-state index is 0.00108. The number of hydrogen-bond donors (Lipinski definition) is 1. The number of benzene rings is 1. The molecule has 24 heavy (non-hydrogen) atoms. The van der Waals surface area contributed by atoms with E-state index < -0.39 is 29.1 Å². The predicted molar refractivity (Wildman–Crippen MR) is 82.6 cm³/mol. The van der Waals surface area contributed by atoms with Gasteiger partial charge in [-0.2, -0.15) is 0 Å². The lowest BCUT2D eigenvalue weighted by Gasteiger charge is -2.45. The fourth-order valence-corrected chi connectivity index (χ4v) is 2.71. The molecule has 0 atom stereocenters. The number of carbonyl (C=O) groups excluding carboxylic acids is 2. The standard InChI is InChI=1S/C17H18FNO5/c1-16(2,3)24-15(22)19-8-17(9-19)13(20)12(14(21)23-17)10-4-6-11(18)7-5-10/h4-7,20H,8-9H2,1-3H3. The van der Waals surface area contributed by atoms with Gasteiger partial charge in [-0.05, 0) is 38.5 Å². The van der Waals surface area contributed by atoms with Crippen molar-refractivity contribution in [1.82, 2.24) is 4.90 Å². The van der Waals surface area contributed by atoms with Crippen molar-refractivity contribution in [3.63, 3.8) is 0 Å². The largest absolute Gasteiger partial charge is 0.507 e. The molecule has 0 aliphatic carbocycles. The number of amides is 1. The average Bonchev–Trinajstić information content (AvgIpc) is 2.68. The molecule has 0 aromatic heterocycles. The van der Waals surface area contributed by atoms with E-state index in [-0.39, 0.29) is 24.4 Å². The van der Waals surface area contributed by atoms with Crippen molar-refractivity contribution < 1.29 is 28.6 Å². The van der Waals surface area contributed by atoms with Crippen molar-refractivity contribution in [2.45, 2.75) is 32.0 Å². The molecule has 0 radical (unpaired) electrons. The van der Waals surface area contributed by atoms with Gasteiger partial charge in [0.15, 0.2) is 5.76 Å². The summed E-state index contributed by atoms with van der Waals surface area (Å²) in [7, 11) is 0. The van der Waals surface area contributed by atoms with Crippen LogP contribution in [0.3, 0.4) is 0 Å². The van der Waals surface area contributed by atoms with E-state index in [2.05, 4.69) is 0 Å². The molecule has 2 aliphatic rings. The summed E-state index contributed by atoms with van der Waals surface area (Å²) < 4.78 is 23.6. The summed E-state index contributed by atoms with van der Waals surface area (Å²) in [5.74, 6) is -1.37. The zero-order valence-corrected chi connectivity index (χ0v) is 13.6. The molecule has 7 heteroatoms. The van der Waals surface area contributed by atoms with Crippen molar-refractivity contribution in [3.8, 4) is 0 Å². The van der Waals surface area contributed by atoms with E-state index in [0.29, 0.717) is 5.56 Å². The SMILES string of the molecule is CC(C)(C)OC(=O)N1CC2(C1)OC(=O)C(c1ccc(F)cc1)=C2O. The molecule has 3 rings (SSSR count). The lowest BCUT2D eigenvalue weighted by atomic mass is 9.90. The van der Waals surface area contributed by atoms with Gasteiger partial charge >= 0.3 is 12.1 Å². The fourth-order valence-electron chi connectivity index (χ4n) is 2.71. The Kier molecular flexibility index (Phi) is 3.55. The smallest absolute Gasteiger partial charge is 0.410 e. The molecule has 2 aliphatic heterocycles. The number of esters is 1. The topological polar surface area (TPSA) is 76.1 Å². The molecular formula is C17H18FNO5. The number of aliphatic hydroxyl groups excluding tert-OH is 1. The summed E-state index contributed by atoms with van der Waals surface area (Å²) in [5, 5.41) is 10.4. The predicted octanol–water partition coefficient (Wildman–Crippen LogP) is 2.64. The van der Waals surface area contributed by atoms with Gasteiger partial charge in [0, 0.05) is 0 Å². The second-order valence-electron chi connectivity index (χ2n) is 6.95. The van der Waals surface area contributed by atoms with Crippen LogP contribution in [0.2, 0.25) is 0 Å². The average molecular weight is 335 g/mol. The third-order valence-electron chi connectivity index (χ3n) is 3.84. The minimum Gasteiger partial charge on any atom is -0.507 e. The lowest BCUT2D eigenvalue weighted by Crippen LogP contribution is -2.65. The van der Waals surface area contributed by atoms with Gasteiger partial charge in [0.25, 0.3) is 0 Å². The number of likely N-dealkylation sites (tertiary alicyclic amines) is 1. The molecule has 1 saturated heterocycles. The number of halogens is 1. The molecule has 2 heterocycles. The molecule has 0 bridgehead atoms. The lowest BCUT2D eigenvalue weighted by molar-refractivity contribution is -0.162. The maximum atomic E-state index is 13.0. The van der Waals surface area contributed by atoms with Gasteiger partial charge < -0.3 is 14.6 Å².